The van der Waals surface area contributed by atoms with E-state index in [1.807, 2.05) is 30.6 Å². The van der Waals surface area contributed by atoms with E-state index in [2.05, 4.69) is 44.3 Å². The average Bonchev–Trinajstić information content (AvgIpc) is 3.12. The van der Waals surface area contributed by atoms with E-state index in [0.717, 1.165) is 43.8 Å². The van der Waals surface area contributed by atoms with E-state index in [4.69, 9.17) is 0 Å². The normalized spacial score (nSPS) is 15.2. The first-order valence-electron chi connectivity index (χ1n) is 9.42. The third-order valence-corrected chi connectivity index (χ3v) is 5.21. The Kier molecular flexibility index (Phi) is 5.07. The summed E-state index contributed by atoms with van der Waals surface area (Å²) in [6, 6.07) is 10.2. The molecule has 3 aromatic rings. The number of rotatable bonds is 5. The lowest BCUT2D eigenvalue weighted by Crippen LogP contribution is -2.44. The van der Waals surface area contributed by atoms with Crippen molar-refractivity contribution in [1.29, 1.82) is 0 Å². The third kappa shape index (κ3) is 3.95. The molecule has 0 saturated carbocycles. The lowest BCUT2D eigenvalue weighted by molar-refractivity contribution is 0.0954. The molecular formula is C21H25N5O. The van der Waals surface area contributed by atoms with Crippen LogP contribution in [0.5, 0.6) is 0 Å². The number of aromatic nitrogens is 2. The van der Waals surface area contributed by atoms with Crippen LogP contribution in [0.25, 0.3) is 10.9 Å². The second-order valence-electron chi connectivity index (χ2n) is 7.09. The fourth-order valence-corrected chi connectivity index (χ4v) is 3.54. The van der Waals surface area contributed by atoms with E-state index in [0.29, 0.717) is 12.1 Å². The molecule has 0 radical (unpaired) electrons. The number of benzene rings is 1. The molecule has 1 aliphatic heterocycles. The highest BCUT2D eigenvalue weighted by molar-refractivity contribution is 5.94. The molecule has 1 amide bonds. The molecule has 2 aromatic heterocycles. The van der Waals surface area contributed by atoms with Crippen LogP contribution < -0.4 is 10.2 Å². The summed E-state index contributed by atoms with van der Waals surface area (Å²) in [5.74, 6) is -0.0710. The van der Waals surface area contributed by atoms with Gasteiger partial charge in [0.25, 0.3) is 5.91 Å². The number of carbonyl (C=O) groups is 1. The predicted octanol–water partition coefficient (Wildman–Crippen LogP) is 2.29. The van der Waals surface area contributed by atoms with Crippen LogP contribution in [-0.2, 0) is 6.42 Å². The maximum atomic E-state index is 12.5. The van der Waals surface area contributed by atoms with Gasteiger partial charge in [0.1, 0.15) is 0 Å². The Morgan fingerprint density at radius 2 is 2.00 bits per heavy atom. The number of pyridine rings is 1. The Balaban J connectivity index is 1.36. The van der Waals surface area contributed by atoms with Gasteiger partial charge in [0.05, 0.1) is 17.4 Å². The quantitative estimate of drug-likeness (QED) is 0.730. The van der Waals surface area contributed by atoms with Gasteiger partial charge in [-0.05, 0) is 31.2 Å². The molecule has 2 N–H and O–H groups in total. The fourth-order valence-electron chi connectivity index (χ4n) is 3.54. The summed E-state index contributed by atoms with van der Waals surface area (Å²) < 4.78 is 0. The first-order valence-corrected chi connectivity index (χ1v) is 9.42. The molecule has 27 heavy (non-hydrogen) atoms. The Morgan fingerprint density at radius 3 is 2.85 bits per heavy atom. The molecular weight excluding hydrogens is 338 g/mol. The van der Waals surface area contributed by atoms with Gasteiger partial charge >= 0.3 is 0 Å². The van der Waals surface area contributed by atoms with Crippen LogP contribution in [-0.4, -0.2) is 60.5 Å². The van der Waals surface area contributed by atoms with Gasteiger partial charge in [-0.25, -0.2) is 0 Å². The number of hydrogen-bond acceptors (Lipinski definition) is 4. The van der Waals surface area contributed by atoms with Crippen molar-refractivity contribution in [2.24, 2.45) is 0 Å². The zero-order valence-corrected chi connectivity index (χ0v) is 15.6. The van der Waals surface area contributed by atoms with E-state index in [1.165, 1.54) is 10.9 Å². The maximum absolute atomic E-state index is 12.5. The first kappa shape index (κ1) is 17.5. The topological polar surface area (TPSA) is 64.3 Å². The number of nitrogens with zero attached hydrogens (tertiary/aromatic N) is 3. The molecule has 1 aromatic carbocycles. The summed E-state index contributed by atoms with van der Waals surface area (Å²) in [4.78, 5) is 24.7. The van der Waals surface area contributed by atoms with Gasteiger partial charge in [0.2, 0.25) is 0 Å². The van der Waals surface area contributed by atoms with Gasteiger partial charge < -0.3 is 20.1 Å². The molecule has 6 heteroatoms. The van der Waals surface area contributed by atoms with Gasteiger partial charge in [-0.2, -0.15) is 0 Å². The van der Waals surface area contributed by atoms with Gasteiger partial charge in [-0.15, -0.1) is 0 Å². The number of hydrogen-bond donors (Lipinski definition) is 2. The van der Waals surface area contributed by atoms with Crippen LogP contribution in [0.3, 0.4) is 0 Å². The number of likely N-dealkylation sites (N-methyl/N-ethyl adjacent to an activating group) is 1. The summed E-state index contributed by atoms with van der Waals surface area (Å²) in [5, 5.41) is 4.23. The molecule has 3 heterocycles. The molecule has 1 aliphatic rings. The summed E-state index contributed by atoms with van der Waals surface area (Å²) in [7, 11) is 2.13. The molecule has 0 unspecified atom stereocenters. The fraction of sp³-hybridized carbons (Fsp3) is 0.333. The highest BCUT2D eigenvalue weighted by Crippen LogP contribution is 2.18. The Hall–Kier alpha value is -2.86. The van der Waals surface area contributed by atoms with Crippen molar-refractivity contribution in [3.63, 3.8) is 0 Å². The zero-order chi connectivity index (χ0) is 18.6. The van der Waals surface area contributed by atoms with Gasteiger partial charge in [0, 0.05) is 56.0 Å². The lowest BCUT2D eigenvalue weighted by Gasteiger charge is -2.33. The van der Waals surface area contributed by atoms with Crippen molar-refractivity contribution in [2.45, 2.75) is 6.42 Å². The van der Waals surface area contributed by atoms with Crippen molar-refractivity contribution in [2.75, 3.05) is 44.7 Å². The molecule has 0 atom stereocenters. The van der Waals surface area contributed by atoms with Gasteiger partial charge in [0.15, 0.2) is 0 Å². The maximum Gasteiger partial charge on any atom is 0.252 e. The molecule has 0 bridgehead atoms. The molecule has 0 spiro atoms. The molecule has 1 fully saturated rings. The third-order valence-electron chi connectivity index (χ3n) is 5.21. The number of H-pyrrole nitrogens is 1. The van der Waals surface area contributed by atoms with Crippen molar-refractivity contribution >= 4 is 22.5 Å². The second kappa shape index (κ2) is 7.80. The molecule has 140 valence electrons. The number of nitrogens with one attached hydrogen (secondary N) is 2. The molecule has 6 nitrogen and oxygen atoms in total. The number of fused-ring (bicyclic) bond motifs is 1. The number of amides is 1. The summed E-state index contributed by atoms with van der Waals surface area (Å²) >= 11 is 0. The van der Waals surface area contributed by atoms with Crippen LogP contribution in [0.1, 0.15) is 15.9 Å². The van der Waals surface area contributed by atoms with E-state index >= 15 is 0 Å². The number of aromatic amines is 1. The summed E-state index contributed by atoms with van der Waals surface area (Å²) in [5.41, 5.74) is 3.98. The largest absolute Gasteiger partial charge is 0.368 e. The standard InChI is InChI=1S/C21H25N5O/c1-25-8-10-26(11-9-25)18-12-17(13-22-15-18)21(27)23-7-6-16-14-24-20-5-3-2-4-19(16)20/h2-5,12-15,24H,6-11H2,1H3,(H,23,27). The number of para-hydroxylation sites is 1. The van der Waals surface area contributed by atoms with E-state index in [9.17, 15) is 4.79 Å². The Bertz CT molecular complexity index is 927. The number of anilines is 1. The van der Waals surface area contributed by atoms with Crippen LogP contribution in [0.15, 0.2) is 48.9 Å². The summed E-state index contributed by atoms with van der Waals surface area (Å²) in [6.45, 7) is 4.58. The van der Waals surface area contributed by atoms with Gasteiger partial charge in [-0.3, -0.25) is 9.78 Å². The Labute approximate surface area is 159 Å². The minimum Gasteiger partial charge on any atom is -0.368 e. The van der Waals surface area contributed by atoms with Crippen LogP contribution >= 0.6 is 0 Å². The monoisotopic (exact) mass is 363 g/mol. The SMILES string of the molecule is CN1CCN(c2cncc(C(=O)NCCc3c[nH]c4ccccc34)c2)CC1. The van der Waals surface area contributed by atoms with Crippen molar-refractivity contribution < 1.29 is 4.79 Å². The minimum absolute atomic E-state index is 0.0710. The van der Waals surface area contributed by atoms with Crippen LogP contribution in [0.2, 0.25) is 0 Å². The number of piperazine rings is 1. The first-order chi connectivity index (χ1) is 13.2. The van der Waals surface area contributed by atoms with Crippen LogP contribution in [0.4, 0.5) is 5.69 Å². The lowest BCUT2D eigenvalue weighted by atomic mass is 10.1. The molecule has 4 rings (SSSR count). The smallest absolute Gasteiger partial charge is 0.252 e. The predicted molar refractivity (Wildman–Crippen MR) is 108 cm³/mol. The molecule has 1 saturated heterocycles. The highest BCUT2D eigenvalue weighted by Gasteiger charge is 2.16. The van der Waals surface area contributed by atoms with E-state index < -0.39 is 0 Å². The number of carbonyl (C=O) groups excluding carboxylic acids is 1. The van der Waals surface area contributed by atoms with Gasteiger partial charge in [-0.1, -0.05) is 18.2 Å². The highest BCUT2D eigenvalue weighted by atomic mass is 16.1. The average molecular weight is 363 g/mol. The van der Waals surface area contributed by atoms with Crippen molar-refractivity contribution in [3.05, 3.63) is 60.0 Å². The van der Waals surface area contributed by atoms with Crippen molar-refractivity contribution in [1.82, 2.24) is 20.2 Å². The minimum atomic E-state index is -0.0710. The van der Waals surface area contributed by atoms with Crippen LogP contribution in [0, 0.1) is 0 Å². The van der Waals surface area contributed by atoms with E-state index in [1.54, 1.807) is 6.20 Å². The summed E-state index contributed by atoms with van der Waals surface area (Å²) in [6.07, 6.45) is 6.29. The Morgan fingerprint density at radius 1 is 1.19 bits per heavy atom. The second-order valence-corrected chi connectivity index (χ2v) is 7.09. The van der Waals surface area contributed by atoms with E-state index in [-0.39, 0.29) is 5.91 Å². The zero-order valence-electron chi connectivity index (χ0n) is 15.6. The van der Waals surface area contributed by atoms with Crippen molar-refractivity contribution in [3.8, 4) is 0 Å². The molecule has 0 aliphatic carbocycles.